The first kappa shape index (κ1) is 15.3. The summed E-state index contributed by atoms with van der Waals surface area (Å²) in [5, 5.41) is 4.16. The molecule has 22 heavy (non-hydrogen) atoms. The topological polar surface area (TPSA) is 47.0 Å². The number of aryl methyl sites for hydroxylation is 1. The first-order valence-corrected chi connectivity index (χ1v) is 8.00. The van der Waals surface area contributed by atoms with E-state index in [9.17, 15) is 0 Å². The number of hydrogen-bond donors (Lipinski definition) is 1. The highest BCUT2D eigenvalue weighted by molar-refractivity contribution is 6.30. The number of halogens is 1. The van der Waals surface area contributed by atoms with Gasteiger partial charge in [-0.25, -0.2) is 9.97 Å². The summed E-state index contributed by atoms with van der Waals surface area (Å²) in [5.41, 5.74) is 2.34. The van der Waals surface area contributed by atoms with Crippen molar-refractivity contribution in [2.24, 2.45) is 0 Å². The molecule has 4 nitrogen and oxygen atoms in total. The zero-order valence-corrected chi connectivity index (χ0v) is 13.4. The van der Waals surface area contributed by atoms with Crippen LogP contribution in [0.3, 0.4) is 0 Å². The molecule has 0 spiro atoms. The van der Waals surface area contributed by atoms with Crippen LogP contribution >= 0.6 is 11.6 Å². The van der Waals surface area contributed by atoms with Crippen LogP contribution in [0, 0.1) is 6.92 Å². The third kappa shape index (κ3) is 3.96. The lowest BCUT2D eigenvalue weighted by atomic mass is 10.0. The number of nitrogens with zero attached hydrogens (tertiary/aromatic N) is 2. The largest absolute Gasteiger partial charge is 0.381 e. The van der Waals surface area contributed by atoms with Gasteiger partial charge in [0.15, 0.2) is 0 Å². The van der Waals surface area contributed by atoms with Crippen molar-refractivity contribution in [1.29, 1.82) is 0 Å². The molecule has 2 aromatic rings. The third-order valence-electron chi connectivity index (χ3n) is 3.84. The molecule has 1 unspecified atom stereocenters. The van der Waals surface area contributed by atoms with E-state index in [0.717, 1.165) is 55.0 Å². The van der Waals surface area contributed by atoms with Gasteiger partial charge in [-0.1, -0.05) is 23.7 Å². The Morgan fingerprint density at radius 1 is 1.27 bits per heavy atom. The Kier molecular flexibility index (Phi) is 4.90. The van der Waals surface area contributed by atoms with Crippen molar-refractivity contribution in [3.63, 3.8) is 0 Å². The molecule has 0 amide bonds. The normalized spacial score (nSPS) is 17.6. The van der Waals surface area contributed by atoms with Crippen LogP contribution in [0.5, 0.6) is 0 Å². The van der Waals surface area contributed by atoms with Crippen LogP contribution in [0.1, 0.15) is 29.4 Å². The Morgan fingerprint density at radius 2 is 2.09 bits per heavy atom. The second-order valence-corrected chi connectivity index (χ2v) is 6.03. The number of rotatable bonds is 5. The van der Waals surface area contributed by atoms with Crippen molar-refractivity contribution in [2.75, 3.05) is 25.1 Å². The summed E-state index contributed by atoms with van der Waals surface area (Å²) >= 11 is 5.90. The van der Waals surface area contributed by atoms with Crippen molar-refractivity contribution in [3.8, 4) is 0 Å². The van der Waals surface area contributed by atoms with E-state index in [-0.39, 0.29) is 0 Å². The minimum atomic E-state index is 0.401. The van der Waals surface area contributed by atoms with Crippen LogP contribution in [0.15, 0.2) is 30.3 Å². The molecule has 1 aliphatic rings. The summed E-state index contributed by atoms with van der Waals surface area (Å²) in [6.45, 7) is 4.36. The van der Waals surface area contributed by atoms with Crippen molar-refractivity contribution < 1.29 is 4.74 Å². The van der Waals surface area contributed by atoms with Crippen LogP contribution in [-0.4, -0.2) is 29.7 Å². The van der Waals surface area contributed by atoms with Gasteiger partial charge >= 0.3 is 0 Å². The molecule has 1 saturated heterocycles. The summed E-state index contributed by atoms with van der Waals surface area (Å²) in [6.07, 6.45) is 1.97. The molecule has 0 saturated carbocycles. The van der Waals surface area contributed by atoms with E-state index in [1.165, 1.54) is 5.56 Å². The van der Waals surface area contributed by atoms with Gasteiger partial charge in [0, 0.05) is 30.2 Å². The van der Waals surface area contributed by atoms with E-state index >= 15 is 0 Å². The van der Waals surface area contributed by atoms with Crippen LogP contribution in [0.2, 0.25) is 5.02 Å². The highest BCUT2D eigenvalue weighted by Crippen LogP contribution is 2.25. The zero-order valence-electron chi connectivity index (χ0n) is 12.7. The van der Waals surface area contributed by atoms with Crippen LogP contribution in [-0.2, 0) is 11.2 Å². The predicted octanol–water partition coefficient (Wildman–Crippen LogP) is 3.60. The summed E-state index contributed by atoms with van der Waals surface area (Å²) < 4.78 is 5.45. The average Bonchev–Trinajstić information content (AvgIpc) is 3.03. The fourth-order valence-corrected chi connectivity index (χ4v) is 2.77. The maximum absolute atomic E-state index is 5.90. The van der Waals surface area contributed by atoms with Crippen molar-refractivity contribution in [2.45, 2.75) is 25.7 Å². The van der Waals surface area contributed by atoms with Crippen LogP contribution in [0.25, 0.3) is 0 Å². The van der Waals surface area contributed by atoms with E-state index < -0.39 is 0 Å². The molecule has 1 N–H and O–H groups in total. The van der Waals surface area contributed by atoms with Gasteiger partial charge in [0.2, 0.25) is 0 Å². The molecule has 0 bridgehead atoms. The molecular weight excluding hydrogens is 298 g/mol. The van der Waals surface area contributed by atoms with Gasteiger partial charge in [0.05, 0.1) is 12.3 Å². The lowest BCUT2D eigenvalue weighted by Gasteiger charge is -2.11. The molecule has 3 rings (SSSR count). The number of anilines is 1. The predicted molar refractivity (Wildman–Crippen MR) is 88.6 cm³/mol. The molecule has 1 fully saturated rings. The third-order valence-corrected chi connectivity index (χ3v) is 4.09. The maximum atomic E-state index is 5.90. The Hall–Kier alpha value is -1.65. The second-order valence-electron chi connectivity index (χ2n) is 5.59. The Morgan fingerprint density at radius 3 is 2.82 bits per heavy atom. The summed E-state index contributed by atoms with van der Waals surface area (Å²) in [4.78, 5) is 9.01. The van der Waals surface area contributed by atoms with Gasteiger partial charge in [-0.15, -0.1) is 0 Å². The molecule has 1 atom stereocenters. The van der Waals surface area contributed by atoms with Gasteiger partial charge < -0.3 is 10.1 Å². The zero-order chi connectivity index (χ0) is 15.4. The minimum absolute atomic E-state index is 0.401. The first-order valence-electron chi connectivity index (χ1n) is 7.62. The van der Waals surface area contributed by atoms with Crippen LogP contribution in [0.4, 0.5) is 5.82 Å². The summed E-state index contributed by atoms with van der Waals surface area (Å²) in [5.74, 6) is 2.10. The van der Waals surface area contributed by atoms with Gasteiger partial charge in [-0.05, 0) is 37.5 Å². The van der Waals surface area contributed by atoms with Gasteiger partial charge in [-0.3, -0.25) is 0 Å². The molecule has 5 heteroatoms. The summed E-state index contributed by atoms with van der Waals surface area (Å²) in [6, 6.07) is 10.00. The van der Waals surface area contributed by atoms with Crippen molar-refractivity contribution in [1.82, 2.24) is 9.97 Å². The Labute approximate surface area is 135 Å². The molecule has 2 heterocycles. The lowest BCUT2D eigenvalue weighted by molar-refractivity contribution is 0.193. The second kappa shape index (κ2) is 7.07. The number of aromatic nitrogens is 2. The van der Waals surface area contributed by atoms with E-state index in [0.29, 0.717) is 5.92 Å². The van der Waals surface area contributed by atoms with E-state index in [1.807, 2.05) is 25.1 Å². The fourth-order valence-electron chi connectivity index (χ4n) is 2.64. The van der Waals surface area contributed by atoms with Gasteiger partial charge in [0.25, 0.3) is 0 Å². The van der Waals surface area contributed by atoms with Crippen molar-refractivity contribution in [3.05, 3.63) is 52.4 Å². The number of ether oxygens (including phenoxy) is 1. The minimum Gasteiger partial charge on any atom is -0.381 e. The quantitative estimate of drug-likeness (QED) is 0.915. The standard InChI is InChI=1S/C17H20ClN3O/c1-12-20-16(14-7-9-22-11-14)10-17(21-12)19-8-6-13-2-4-15(18)5-3-13/h2-5,10,14H,6-9,11H2,1H3,(H,19,20,21). The summed E-state index contributed by atoms with van der Waals surface area (Å²) in [7, 11) is 0. The van der Waals surface area contributed by atoms with E-state index in [1.54, 1.807) is 0 Å². The van der Waals surface area contributed by atoms with Crippen molar-refractivity contribution >= 4 is 17.4 Å². The molecule has 0 radical (unpaired) electrons. The maximum Gasteiger partial charge on any atom is 0.129 e. The smallest absolute Gasteiger partial charge is 0.129 e. The molecule has 0 aliphatic carbocycles. The fraction of sp³-hybridized carbons (Fsp3) is 0.412. The average molecular weight is 318 g/mol. The molecule has 1 aliphatic heterocycles. The number of hydrogen-bond acceptors (Lipinski definition) is 4. The van der Waals surface area contributed by atoms with Gasteiger partial charge in [0.1, 0.15) is 11.6 Å². The highest BCUT2D eigenvalue weighted by atomic mass is 35.5. The molecular formula is C17H20ClN3O. The number of benzene rings is 1. The van der Waals surface area contributed by atoms with Crippen LogP contribution < -0.4 is 5.32 Å². The Balaban J connectivity index is 1.61. The SMILES string of the molecule is Cc1nc(NCCc2ccc(Cl)cc2)cc(C2CCOC2)n1. The molecule has 1 aromatic carbocycles. The Bertz CT molecular complexity index is 624. The van der Waals surface area contributed by atoms with Gasteiger partial charge in [-0.2, -0.15) is 0 Å². The first-order chi connectivity index (χ1) is 10.7. The van der Waals surface area contributed by atoms with E-state index in [4.69, 9.17) is 16.3 Å². The molecule has 116 valence electrons. The monoisotopic (exact) mass is 317 g/mol. The number of nitrogens with one attached hydrogen (secondary N) is 1. The lowest BCUT2D eigenvalue weighted by Crippen LogP contribution is -2.10. The highest BCUT2D eigenvalue weighted by Gasteiger charge is 2.20. The molecule has 1 aromatic heterocycles. The van der Waals surface area contributed by atoms with E-state index in [2.05, 4.69) is 27.4 Å².